The van der Waals surface area contributed by atoms with Gasteiger partial charge in [-0.05, 0) is 17.4 Å². The fraction of sp³-hybridized carbons (Fsp3) is 0.214. The summed E-state index contributed by atoms with van der Waals surface area (Å²) < 4.78 is 0. The van der Waals surface area contributed by atoms with E-state index in [4.69, 9.17) is 11.0 Å². The fourth-order valence-corrected chi connectivity index (χ4v) is 4.36. The van der Waals surface area contributed by atoms with E-state index in [0.717, 1.165) is 23.0 Å². The maximum Gasteiger partial charge on any atom is 0.131 e. The average Bonchev–Trinajstić information content (AvgIpc) is 2.98. The second-order valence-corrected chi connectivity index (χ2v) is 6.24. The van der Waals surface area contributed by atoms with E-state index in [-0.39, 0.29) is 0 Å². The second kappa shape index (κ2) is 4.80. The van der Waals surface area contributed by atoms with E-state index in [1.807, 2.05) is 6.26 Å². The van der Waals surface area contributed by atoms with Crippen LogP contribution in [0.2, 0.25) is 0 Å². The monoisotopic (exact) mass is 287 g/mol. The minimum atomic E-state index is 0.621. The number of hydrogen-bond donors (Lipinski definition) is 1. The lowest BCUT2D eigenvalue weighted by Gasteiger charge is -2.17. The SMILES string of the molecule is CSc1c(N2Cc3ccccc3C2)sc(C#N)c1N. The number of rotatable bonds is 2. The largest absolute Gasteiger partial charge is 0.396 e. The van der Waals surface area contributed by atoms with Crippen LogP contribution in [0.15, 0.2) is 29.2 Å². The predicted octanol–water partition coefficient (Wildman–Crippen LogP) is 3.44. The van der Waals surface area contributed by atoms with Crippen molar-refractivity contribution in [1.82, 2.24) is 0 Å². The summed E-state index contributed by atoms with van der Waals surface area (Å²) >= 11 is 3.11. The molecule has 1 aromatic carbocycles. The molecule has 0 unspecified atom stereocenters. The molecule has 0 atom stereocenters. The van der Waals surface area contributed by atoms with E-state index < -0.39 is 0 Å². The molecule has 1 aromatic heterocycles. The van der Waals surface area contributed by atoms with Crippen LogP contribution in [0.25, 0.3) is 0 Å². The Balaban J connectivity index is 2.00. The van der Waals surface area contributed by atoms with Gasteiger partial charge in [0.2, 0.25) is 0 Å². The third kappa shape index (κ3) is 1.97. The second-order valence-electron chi connectivity index (χ2n) is 4.42. The Hall–Kier alpha value is -1.64. The number of fused-ring (bicyclic) bond motifs is 1. The normalized spacial score (nSPS) is 13.4. The lowest BCUT2D eigenvalue weighted by molar-refractivity contribution is 0.882. The van der Waals surface area contributed by atoms with Crippen LogP contribution in [0, 0.1) is 11.3 Å². The fourth-order valence-electron chi connectivity index (χ4n) is 2.38. The van der Waals surface area contributed by atoms with Crippen LogP contribution in [-0.4, -0.2) is 6.26 Å². The van der Waals surface area contributed by atoms with E-state index in [1.54, 1.807) is 11.8 Å². The third-order valence-corrected chi connectivity index (χ3v) is 5.44. The lowest BCUT2D eigenvalue weighted by Crippen LogP contribution is -2.13. The van der Waals surface area contributed by atoms with E-state index in [2.05, 4.69) is 35.2 Å². The van der Waals surface area contributed by atoms with Crippen LogP contribution in [0.1, 0.15) is 16.0 Å². The number of nitrogens with zero attached hydrogens (tertiary/aromatic N) is 2. The summed E-state index contributed by atoms with van der Waals surface area (Å²) in [5, 5.41) is 10.2. The summed E-state index contributed by atoms with van der Waals surface area (Å²) in [6.07, 6.45) is 2.01. The summed E-state index contributed by atoms with van der Waals surface area (Å²) in [6.45, 7) is 1.79. The molecule has 19 heavy (non-hydrogen) atoms. The number of thiophene rings is 1. The highest BCUT2D eigenvalue weighted by Crippen LogP contribution is 2.45. The van der Waals surface area contributed by atoms with Gasteiger partial charge < -0.3 is 10.6 Å². The van der Waals surface area contributed by atoms with Crippen LogP contribution in [-0.2, 0) is 13.1 Å². The molecule has 0 aliphatic carbocycles. The Labute approximate surface area is 120 Å². The van der Waals surface area contributed by atoms with Gasteiger partial charge >= 0.3 is 0 Å². The lowest BCUT2D eigenvalue weighted by atomic mass is 10.1. The Morgan fingerprint density at radius 3 is 2.47 bits per heavy atom. The van der Waals surface area contributed by atoms with Crippen molar-refractivity contribution in [3.63, 3.8) is 0 Å². The zero-order chi connectivity index (χ0) is 13.4. The maximum absolute atomic E-state index is 9.12. The number of nitriles is 1. The van der Waals surface area contributed by atoms with Crippen LogP contribution < -0.4 is 10.6 Å². The first-order chi connectivity index (χ1) is 9.24. The van der Waals surface area contributed by atoms with Crippen molar-refractivity contribution in [2.24, 2.45) is 0 Å². The zero-order valence-corrected chi connectivity index (χ0v) is 12.1. The van der Waals surface area contributed by atoms with Crippen molar-refractivity contribution in [2.45, 2.75) is 18.0 Å². The van der Waals surface area contributed by atoms with Gasteiger partial charge in [-0.2, -0.15) is 5.26 Å². The van der Waals surface area contributed by atoms with Crippen LogP contribution >= 0.6 is 23.1 Å². The zero-order valence-electron chi connectivity index (χ0n) is 10.5. The third-order valence-electron chi connectivity index (χ3n) is 3.32. The van der Waals surface area contributed by atoms with Crippen molar-refractivity contribution in [2.75, 3.05) is 16.9 Å². The molecule has 0 saturated heterocycles. The van der Waals surface area contributed by atoms with Gasteiger partial charge in [0.05, 0.1) is 10.6 Å². The van der Waals surface area contributed by atoms with Gasteiger partial charge in [0.1, 0.15) is 15.9 Å². The topological polar surface area (TPSA) is 53.0 Å². The van der Waals surface area contributed by atoms with Crippen molar-refractivity contribution in [3.05, 3.63) is 40.3 Å². The highest BCUT2D eigenvalue weighted by molar-refractivity contribution is 7.99. The van der Waals surface area contributed by atoms with Crippen molar-refractivity contribution < 1.29 is 0 Å². The van der Waals surface area contributed by atoms with Crippen molar-refractivity contribution in [3.8, 4) is 6.07 Å². The molecule has 2 heterocycles. The first-order valence-corrected chi connectivity index (χ1v) is 7.96. The molecule has 3 nitrogen and oxygen atoms in total. The predicted molar refractivity (Wildman–Crippen MR) is 81.6 cm³/mol. The minimum Gasteiger partial charge on any atom is -0.396 e. The molecule has 0 saturated carbocycles. The van der Waals surface area contributed by atoms with E-state index in [1.165, 1.54) is 22.5 Å². The molecule has 0 fully saturated rings. The molecule has 1 aliphatic rings. The number of hydrogen-bond acceptors (Lipinski definition) is 5. The van der Waals surface area contributed by atoms with Gasteiger partial charge in [-0.3, -0.25) is 0 Å². The molecule has 5 heteroatoms. The minimum absolute atomic E-state index is 0.621. The Morgan fingerprint density at radius 2 is 1.95 bits per heavy atom. The Morgan fingerprint density at radius 1 is 1.32 bits per heavy atom. The molecule has 0 spiro atoms. The van der Waals surface area contributed by atoms with Gasteiger partial charge in [-0.1, -0.05) is 24.3 Å². The average molecular weight is 287 g/mol. The molecule has 3 rings (SSSR count). The van der Waals surface area contributed by atoms with E-state index in [0.29, 0.717) is 10.6 Å². The summed E-state index contributed by atoms with van der Waals surface area (Å²) in [5.41, 5.74) is 9.39. The molecular formula is C14H13N3S2. The van der Waals surface area contributed by atoms with E-state index >= 15 is 0 Å². The highest BCUT2D eigenvalue weighted by Gasteiger charge is 2.25. The van der Waals surface area contributed by atoms with Crippen LogP contribution in [0.4, 0.5) is 10.7 Å². The summed E-state index contributed by atoms with van der Waals surface area (Å²) in [6, 6.07) is 10.7. The number of nitrogens with two attached hydrogens (primary N) is 1. The maximum atomic E-state index is 9.12. The molecular weight excluding hydrogens is 274 g/mol. The van der Waals surface area contributed by atoms with Crippen LogP contribution in [0.3, 0.4) is 0 Å². The number of anilines is 2. The highest BCUT2D eigenvalue weighted by atomic mass is 32.2. The quantitative estimate of drug-likeness (QED) is 0.860. The molecule has 2 aromatic rings. The molecule has 96 valence electrons. The standard InChI is InChI=1S/C14H13N3S2/c1-18-13-12(16)11(6-15)19-14(13)17-7-9-4-2-3-5-10(9)8-17/h2-5H,7-8,16H2,1H3. The molecule has 0 radical (unpaired) electrons. The summed E-state index contributed by atoms with van der Waals surface area (Å²) in [7, 11) is 0. The number of thioether (sulfide) groups is 1. The molecule has 1 aliphatic heterocycles. The smallest absolute Gasteiger partial charge is 0.131 e. The van der Waals surface area contributed by atoms with Crippen molar-refractivity contribution >= 4 is 33.8 Å². The van der Waals surface area contributed by atoms with Crippen LogP contribution in [0.5, 0.6) is 0 Å². The summed E-state index contributed by atoms with van der Waals surface area (Å²) in [5.74, 6) is 0. The number of benzene rings is 1. The van der Waals surface area contributed by atoms with E-state index in [9.17, 15) is 0 Å². The number of nitrogen functional groups attached to an aromatic ring is 1. The Kier molecular flexibility index (Phi) is 3.13. The first kappa shape index (κ1) is 12.4. The first-order valence-electron chi connectivity index (χ1n) is 5.92. The van der Waals surface area contributed by atoms with Gasteiger partial charge in [0.15, 0.2) is 0 Å². The van der Waals surface area contributed by atoms with Crippen molar-refractivity contribution in [1.29, 1.82) is 5.26 Å². The molecule has 2 N–H and O–H groups in total. The Bertz CT molecular complexity index is 645. The molecule has 0 bridgehead atoms. The van der Waals surface area contributed by atoms with Gasteiger partial charge in [-0.25, -0.2) is 0 Å². The molecule has 0 amide bonds. The van der Waals surface area contributed by atoms with Gasteiger partial charge in [0.25, 0.3) is 0 Å². The van der Waals surface area contributed by atoms with Gasteiger partial charge in [0, 0.05) is 13.1 Å². The van der Waals surface area contributed by atoms with Gasteiger partial charge in [-0.15, -0.1) is 23.1 Å². The summed E-state index contributed by atoms with van der Waals surface area (Å²) in [4.78, 5) is 3.96.